The molecule has 5 heteroatoms. The average Bonchev–Trinajstić information content (AvgIpc) is 2.78. The summed E-state index contributed by atoms with van der Waals surface area (Å²) < 4.78 is 6.18. The van der Waals surface area contributed by atoms with Crippen LogP contribution in [0.2, 0.25) is 0 Å². The normalized spacial score (nSPS) is 20.9. The fourth-order valence-electron chi connectivity index (χ4n) is 2.08. The Morgan fingerprint density at radius 2 is 2.17 bits per heavy atom. The van der Waals surface area contributed by atoms with Crippen LogP contribution in [0.3, 0.4) is 0 Å². The summed E-state index contributed by atoms with van der Waals surface area (Å²) in [5.41, 5.74) is 7.67. The molecule has 1 aliphatic carbocycles. The summed E-state index contributed by atoms with van der Waals surface area (Å²) in [7, 11) is 0. The van der Waals surface area contributed by atoms with E-state index in [4.69, 9.17) is 10.3 Å². The molecule has 2 aromatic rings. The molecular formula is C13H14BrN3O. The van der Waals surface area contributed by atoms with Gasteiger partial charge in [-0.05, 0) is 46.0 Å². The SMILES string of the molecule is CC1(C)CC1c1noc(-c2ccc(Br)c(N)c2)n1. The number of aromatic nitrogens is 2. The van der Waals surface area contributed by atoms with Crippen molar-refractivity contribution in [3.8, 4) is 11.5 Å². The van der Waals surface area contributed by atoms with Crippen LogP contribution >= 0.6 is 15.9 Å². The van der Waals surface area contributed by atoms with Crippen LogP contribution in [0.4, 0.5) is 5.69 Å². The second-order valence-electron chi connectivity index (χ2n) is 5.44. The zero-order valence-corrected chi connectivity index (χ0v) is 11.9. The van der Waals surface area contributed by atoms with E-state index in [1.807, 2.05) is 18.2 Å². The lowest BCUT2D eigenvalue weighted by molar-refractivity contribution is 0.419. The maximum absolute atomic E-state index is 5.84. The molecule has 1 unspecified atom stereocenters. The highest BCUT2D eigenvalue weighted by Crippen LogP contribution is 2.57. The lowest BCUT2D eigenvalue weighted by atomic mass is 10.1. The minimum Gasteiger partial charge on any atom is -0.398 e. The van der Waals surface area contributed by atoms with Crippen LogP contribution in [0.25, 0.3) is 11.5 Å². The average molecular weight is 308 g/mol. The van der Waals surface area contributed by atoms with Gasteiger partial charge in [0.1, 0.15) is 0 Å². The molecule has 0 aliphatic heterocycles. The van der Waals surface area contributed by atoms with Crippen molar-refractivity contribution in [1.29, 1.82) is 0 Å². The predicted octanol–water partition coefficient (Wildman–Crippen LogP) is 3.59. The zero-order chi connectivity index (χ0) is 12.9. The van der Waals surface area contributed by atoms with Crippen molar-refractivity contribution in [3.05, 3.63) is 28.5 Å². The number of nitrogen functional groups attached to an aromatic ring is 1. The fraction of sp³-hybridized carbons (Fsp3) is 0.385. The first-order chi connectivity index (χ1) is 8.47. The van der Waals surface area contributed by atoms with Crippen molar-refractivity contribution in [3.63, 3.8) is 0 Å². The van der Waals surface area contributed by atoms with Gasteiger partial charge in [-0.15, -0.1) is 0 Å². The molecule has 0 spiro atoms. The van der Waals surface area contributed by atoms with Crippen LogP contribution in [0, 0.1) is 5.41 Å². The molecule has 1 fully saturated rings. The van der Waals surface area contributed by atoms with Gasteiger partial charge in [0, 0.05) is 21.6 Å². The molecule has 3 rings (SSSR count). The second kappa shape index (κ2) is 3.82. The highest BCUT2D eigenvalue weighted by Gasteiger charge is 2.49. The Kier molecular flexibility index (Phi) is 2.48. The van der Waals surface area contributed by atoms with Gasteiger partial charge in [0.2, 0.25) is 0 Å². The van der Waals surface area contributed by atoms with E-state index in [1.165, 1.54) is 0 Å². The van der Waals surface area contributed by atoms with Gasteiger partial charge >= 0.3 is 0 Å². The number of nitrogens with two attached hydrogens (primary N) is 1. The van der Waals surface area contributed by atoms with Crippen LogP contribution in [-0.4, -0.2) is 10.1 Å². The van der Waals surface area contributed by atoms with Crippen molar-refractivity contribution in [2.45, 2.75) is 26.2 Å². The second-order valence-corrected chi connectivity index (χ2v) is 6.29. The minimum atomic E-state index is 0.305. The first kappa shape index (κ1) is 11.7. The molecule has 0 bridgehead atoms. The van der Waals surface area contributed by atoms with Gasteiger partial charge in [-0.3, -0.25) is 0 Å². The molecule has 1 aromatic heterocycles. The molecule has 1 aromatic carbocycles. The number of hydrogen-bond donors (Lipinski definition) is 1. The molecule has 1 heterocycles. The van der Waals surface area contributed by atoms with E-state index < -0.39 is 0 Å². The Morgan fingerprint density at radius 1 is 1.44 bits per heavy atom. The summed E-state index contributed by atoms with van der Waals surface area (Å²) in [5, 5.41) is 4.06. The van der Waals surface area contributed by atoms with Crippen LogP contribution in [-0.2, 0) is 0 Å². The number of halogens is 1. The molecule has 0 radical (unpaired) electrons. The van der Waals surface area contributed by atoms with Crippen molar-refractivity contribution >= 4 is 21.6 Å². The molecule has 4 nitrogen and oxygen atoms in total. The Bertz CT molecular complexity index is 606. The third-order valence-electron chi connectivity index (χ3n) is 3.51. The van der Waals surface area contributed by atoms with Crippen LogP contribution in [0.5, 0.6) is 0 Å². The van der Waals surface area contributed by atoms with E-state index >= 15 is 0 Å². The Hall–Kier alpha value is -1.36. The van der Waals surface area contributed by atoms with Gasteiger partial charge in [0.15, 0.2) is 5.82 Å². The Morgan fingerprint density at radius 3 is 2.78 bits per heavy atom. The lowest BCUT2D eigenvalue weighted by Gasteiger charge is -1.99. The maximum atomic E-state index is 5.84. The molecule has 2 N–H and O–H groups in total. The fourth-order valence-corrected chi connectivity index (χ4v) is 2.33. The maximum Gasteiger partial charge on any atom is 0.258 e. The smallest absolute Gasteiger partial charge is 0.258 e. The van der Waals surface area contributed by atoms with Crippen LogP contribution < -0.4 is 5.73 Å². The molecule has 0 saturated heterocycles. The van der Waals surface area contributed by atoms with Crippen molar-refractivity contribution in [1.82, 2.24) is 10.1 Å². The van der Waals surface area contributed by atoms with Crippen molar-refractivity contribution in [2.75, 3.05) is 5.73 Å². The van der Waals surface area contributed by atoms with Gasteiger partial charge in [-0.1, -0.05) is 19.0 Å². The van der Waals surface area contributed by atoms with Gasteiger partial charge in [-0.2, -0.15) is 4.98 Å². The van der Waals surface area contributed by atoms with Gasteiger partial charge in [0.05, 0.1) is 0 Å². The number of nitrogens with zero attached hydrogens (tertiary/aromatic N) is 2. The first-order valence-electron chi connectivity index (χ1n) is 5.86. The van der Waals surface area contributed by atoms with Crippen LogP contribution in [0.15, 0.2) is 27.2 Å². The van der Waals surface area contributed by atoms with E-state index in [1.54, 1.807) is 0 Å². The minimum absolute atomic E-state index is 0.305. The summed E-state index contributed by atoms with van der Waals surface area (Å²) in [6, 6.07) is 5.63. The summed E-state index contributed by atoms with van der Waals surface area (Å²) in [6.45, 7) is 4.43. The van der Waals surface area contributed by atoms with E-state index in [2.05, 4.69) is 39.9 Å². The molecular weight excluding hydrogens is 294 g/mol. The summed E-state index contributed by atoms with van der Waals surface area (Å²) in [4.78, 5) is 4.46. The van der Waals surface area contributed by atoms with Gasteiger partial charge in [0.25, 0.3) is 5.89 Å². The predicted molar refractivity (Wildman–Crippen MR) is 73.0 cm³/mol. The summed E-state index contributed by atoms with van der Waals surface area (Å²) >= 11 is 3.36. The van der Waals surface area contributed by atoms with E-state index in [0.29, 0.717) is 22.9 Å². The topological polar surface area (TPSA) is 64.9 Å². The van der Waals surface area contributed by atoms with Crippen molar-refractivity contribution in [2.24, 2.45) is 5.41 Å². The highest BCUT2D eigenvalue weighted by molar-refractivity contribution is 9.10. The van der Waals surface area contributed by atoms with Gasteiger partial charge in [-0.25, -0.2) is 0 Å². The van der Waals surface area contributed by atoms with Crippen LogP contribution in [0.1, 0.15) is 32.0 Å². The monoisotopic (exact) mass is 307 g/mol. The molecule has 1 aliphatic rings. The number of hydrogen-bond acceptors (Lipinski definition) is 4. The van der Waals surface area contributed by atoms with E-state index in [0.717, 1.165) is 22.3 Å². The summed E-state index contributed by atoms with van der Waals surface area (Å²) in [5.74, 6) is 1.76. The number of anilines is 1. The molecule has 18 heavy (non-hydrogen) atoms. The zero-order valence-electron chi connectivity index (χ0n) is 10.3. The van der Waals surface area contributed by atoms with Crippen molar-refractivity contribution < 1.29 is 4.52 Å². The first-order valence-corrected chi connectivity index (χ1v) is 6.66. The molecule has 1 atom stereocenters. The Balaban J connectivity index is 1.91. The Labute approximate surface area is 114 Å². The summed E-state index contributed by atoms with van der Waals surface area (Å²) in [6.07, 6.45) is 1.12. The third-order valence-corrected chi connectivity index (χ3v) is 4.23. The largest absolute Gasteiger partial charge is 0.398 e. The highest BCUT2D eigenvalue weighted by atomic mass is 79.9. The number of benzene rings is 1. The third kappa shape index (κ3) is 1.92. The number of rotatable bonds is 2. The quantitative estimate of drug-likeness (QED) is 0.861. The van der Waals surface area contributed by atoms with E-state index in [9.17, 15) is 0 Å². The molecule has 94 valence electrons. The lowest BCUT2D eigenvalue weighted by Crippen LogP contribution is -1.92. The van der Waals surface area contributed by atoms with Gasteiger partial charge < -0.3 is 10.3 Å². The molecule has 0 amide bonds. The standard InChI is InChI=1S/C13H14BrN3O/c1-13(2)6-8(13)11-16-12(18-17-11)7-3-4-9(14)10(15)5-7/h3-5,8H,6,15H2,1-2H3. The molecule has 1 saturated carbocycles. The van der Waals surface area contributed by atoms with E-state index in [-0.39, 0.29) is 0 Å².